The van der Waals surface area contributed by atoms with E-state index in [1.165, 1.54) is 12.4 Å². The van der Waals surface area contributed by atoms with Gasteiger partial charge in [0.15, 0.2) is 0 Å². The van der Waals surface area contributed by atoms with Crippen LogP contribution in [-0.2, 0) is 20.9 Å². The van der Waals surface area contributed by atoms with Crippen LogP contribution in [0.3, 0.4) is 0 Å². The molecule has 0 radical (unpaired) electrons. The Morgan fingerprint density at radius 1 is 1.20 bits per heavy atom. The van der Waals surface area contributed by atoms with Crippen molar-refractivity contribution in [3.8, 4) is 0 Å². The van der Waals surface area contributed by atoms with Crippen LogP contribution in [0, 0.1) is 0 Å². The molecule has 0 aliphatic carbocycles. The normalized spacial score (nSPS) is 13.9. The average Bonchev–Trinajstić information content (AvgIpc) is 2.52. The number of hydrogen-bond acceptors (Lipinski definition) is 6. The third-order valence-electron chi connectivity index (χ3n) is 3.00. The third-order valence-corrected chi connectivity index (χ3v) is 3.00. The van der Waals surface area contributed by atoms with Crippen LogP contribution in [0.5, 0.6) is 0 Å². The van der Waals surface area contributed by atoms with Gasteiger partial charge in [0.05, 0.1) is 0 Å². The summed E-state index contributed by atoms with van der Waals surface area (Å²) in [6.45, 7) is 4.81. The summed E-state index contributed by atoms with van der Waals surface area (Å²) in [6, 6.07) is 9.05. The van der Waals surface area contributed by atoms with E-state index in [2.05, 4.69) is 5.32 Å². The smallest absolute Gasteiger partial charge is 0.439 e. The van der Waals surface area contributed by atoms with E-state index in [9.17, 15) is 14.4 Å². The molecule has 0 spiro atoms. The summed E-state index contributed by atoms with van der Waals surface area (Å²) in [5.74, 6) is -0.369. The molecule has 1 aromatic carbocycles. The quantitative estimate of drug-likeness (QED) is 0.903. The maximum atomic E-state index is 12.4. The molecule has 25 heavy (non-hydrogen) atoms. The minimum atomic E-state index is -0.933. The maximum absolute atomic E-state index is 12.4. The van der Waals surface area contributed by atoms with Crippen molar-refractivity contribution in [3.05, 3.63) is 48.3 Å². The van der Waals surface area contributed by atoms with E-state index < -0.39 is 17.8 Å². The van der Waals surface area contributed by atoms with Crippen molar-refractivity contribution in [2.24, 2.45) is 0 Å². The molecule has 1 aliphatic heterocycles. The fraction of sp³-hybridized carbons (Fsp3) is 0.353. The van der Waals surface area contributed by atoms with Crippen molar-refractivity contribution >= 4 is 18.1 Å². The number of ether oxygens (including phenoxy) is 2. The fourth-order valence-corrected chi connectivity index (χ4v) is 1.97. The molecule has 3 amide bonds. The van der Waals surface area contributed by atoms with Gasteiger partial charge in [-0.25, -0.2) is 9.59 Å². The van der Waals surface area contributed by atoms with Gasteiger partial charge in [-0.3, -0.25) is 9.80 Å². The van der Waals surface area contributed by atoms with E-state index >= 15 is 0 Å². The number of rotatable bonds is 3. The summed E-state index contributed by atoms with van der Waals surface area (Å²) < 4.78 is 10.4. The van der Waals surface area contributed by atoms with Crippen LogP contribution in [0.4, 0.5) is 9.59 Å². The first-order chi connectivity index (χ1) is 11.8. The summed E-state index contributed by atoms with van der Waals surface area (Å²) in [5.41, 5.74) is -0.0384. The Kier molecular flexibility index (Phi) is 5.63. The summed E-state index contributed by atoms with van der Waals surface area (Å²) in [7, 11) is 0. The number of hydrogen-bond donors (Lipinski definition) is 1. The van der Waals surface area contributed by atoms with Crippen LogP contribution >= 0.6 is 0 Å². The molecular weight excluding hydrogens is 326 g/mol. The number of nitrogens with zero attached hydrogens (tertiary/aromatic N) is 2. The minimum Gasteiger partial charge on any atom is -0.443 e. The molecular formula is C17H21N3O5. The van der Waals surface area contributed by atoms with E-state index in [0.717, 1.165) is 10.6 Å². The Balaban J connectivity index is 2.13. The van der Waals surface area contributed by atoms with Crippen LogP contribution in [-0.4, -0.2) is 40.3 Å². The van der Waals surface area contributed by atoms with E-state index in [-0.39, 0.29) is 19.1 Å². The highest BCUT2D eigenvalue weighted by Gasteiger charge is 2.34. The molecule has 0 bridgehead atoms. The third kappa shape index (κ3) is 5.52. The minimum absolute atomic E-state index is 0.0112. The zero-order valence-corrected chi connectivity index (χ0v) is 14.4. The Labute approximate surface area is 146 Å². The zero-order chi connectivity index (χ0) is 18.4. The first kappa shape index (κ1) is 18.3. The summed E-state index contributed by atoms with van der Waals surface area (Å²) in [5, 5.41) is 4.27. The second-order valence-electron chi connectivity index (χ2n) is 6.31. The van der Waals surface area contributed by atoms with Crippen molar-refractivity contribution in [2.45, 2.75) is 33.0 Å². The number of carbonyl (C=O) groups excluding carboxylic acids is 3. The van der Waals surface area contributed by atoms with Crippen molar-refractivity contribution in [3.63, 3.8) is 0 Å². The molecule has 2 rings (SSSR count). The van der Waals surface area contributed by atoms with Crippen LogP contribution in [0.2, 0.25) is 0 Å². The van der Waals surface area contributed by atoms with Gasteiger partial charge < -0.3 is 14.8 Å². The Hall–Kier alpha value is -3.03. The Bertz CT molecular complexity index is 667. The SMILES string of the molecule is CC(C)(C)OC(=O)N(C(=O)OCc1ccccc1)N1C=CNC(=O)C1. The summed E-state index contributed by atoms with van der Waals surface area (Å²) >= 11 is 0. The van der Waals surface area contributed by atoms with Crippen LogP contribution in [0.1, 0.15) is 26.3 Å². The van der Waals surface area contributed by atoms with Gasteiger partial charge in [0.2, 0.25) is 5.91 Å². The highest BCUT2D eigenvalue weighted by molar-refractivity contribution is 5.88. The molecule has 1 N–H and O–H groups in total. The molecule has 1 aliphatic rings. The highest BCUT2D eigenvalue weighted by Crippen LogP contribution is 2.15. The van der Waals surface area contributed by atoms with Crippen LogP contribution < -0.4 is 5.32 Å². The van der Waals surface area contributed by atoms with E-state index in [4.69, 9.17) is 9.47 Å². The molecule has 0 saturated carbocycles. The second-order valence-corrected chi connectivity index (χ2v) is 6.31. The van der Waals surface area contributed by atoms with Gasteiger partial charge in [-0.2, -0.15) is 0 Å². The van der Waals surface area contributed by atoms with Gasteiger partial charge in [0.1, 0.15) is 18.8 Å². The van der Waals surface area contributed by atoms with Crippen molar-refractivity contribution in [1.29, 1.82) is 0 Å². The molecule has 134 valence electrons. The Morgan fingerprint density at radius 3 is 2.48 bits per heavy atom. The molecule has 8 nitrogen and oxygen atoms in total. The van der Waals surface area contributed by atoms with Gasteiger partial charge in [0, 0.05) is 12.4 Å². The number of imide groups is 1. The number of nitrogens with one attached hydrogen (secondary N) is 1. The molecule has 0 unspecified atom stereocenters. The fourth-order valence-electron chi connectivity index (χ4n) is 1.97. The Morgan fingerprint density at radius 2 is 1.88 bits per heavy atom. The monoisotopic (exact) mass is 347 g/mol. The van der Waals surface area contributed by atoms with Gasteiger partial charge >= 0.3 is 12.2 Å². The predicted octanol–water partition coefficient (Wildman–Crippen LogP) is 2.38. The molecule has 0 aromatic heterocycles. The topological polar surface area (TPSA) is 88.2 Å². The highest BCUT2D eigenvalue weighted by atomic mass is 16.6. The van der Waals surface area contributed by atoms with Gasteiger partial charge in [-0.05, 0) is 26.3 Å². The van der Waals surface area contributed by atoms with E-state index in [1.807, 2.05) is 18.2 Å². The van der Waals surface area contributed by atoms with Gasteiger partial charge in [-0.15, -0.1) is 5.01 Å². The van der Waals surface area contributed by atoms with Crippen molar-refractivity contribution in [1.82, 2.24) is 15.3 Å². The number of carbonyl (C=O) groups is 3. The molecule has 1 aromatic rings. The number of amides is 3. The average molecular weight is 347 g/mol. The van der Waals surface area contributed by atoms with Crippen LogP contribution in [0.25, 0.3) is 0 Å². The number of benzene rings is 1. The zero-order valence-electron chi connectivity index (χ0n) is 14.4. The van der Waals surface area contributed by atoms with E-state index in [0.29, 0.717) is 5.01 Å². The van der Waals surface area contributed by atoms with E-state index in [1.54, 1.807) is 32.9 Å². The van der Waals surface area contributed by atoms with Gasteiger partial charge in [-0.1, -0.05) is 30.3 Å². The van der Waals surface area contributed by atoms with Crippen molar-refractivity contribution < 1.29 is 23.9 Å². The lowest BCUT2D eigenvalue weighted by molar-refractivity contribution is -0.124. The summed E-state index contributed by atoms with van der Waals surface area (Å²) in [4.78, 5) is 36.4. The summed E-state index contributed by atoms with van der Waals surface area (Å²) in [6.07, 6.45) is 0.852. The molecule has 0 fully saturated rings. The molecule has 1 heterocycles. The lowest BCUT2D eigenvalue weighted by Crippen LogP contribution is -2.53. The predicted molar refractivity (Wildman–Crippen MR) is 88.7 cm³/mol. The lowest BCUT2D eigenvalue weighted by Gasteiger charge is -2.33. The standard InChI is InChI=1S/C17H21N3O5/c1-17(2,3)25-16(23)20(19-10-9-18-14(21)11-19)15(22)24-12-13-7-5-4-6-8-13/h4-10H,11-12H2,1-3H3,(H,18,21). The molecule has 0 saturated heterocycles. The van der Waals surface area contributed by atoms with Crippen LogP contribution in [0.15, 0.2) is 42.7 Å². The van der Waals surface area contributed by atoms with Gasteiger partial charge in [0.25, 0.3) is 0 Å². The number of hydrazine groups is 1. The largest absolute Gasteiger partial charge is 0.443 e. The molecule has 0 atom stereocenters. The molecule has 8 heteroatoms. The lowest BCUT2D eigenvalue weighted by atomic mass is 10.2. The second kappa shape index (κ2) is 7.69. The van der Waals surface area contributed by atoms with Crippen molar-refractivity contribution in [2.75, 3.05) is 6.54 Å². The maximum Gasteiger partial charge on any atom is 0.439 e. The first-order valence-electron chi connectivity index (χ1n) is 7.72. The first-order valence-corrected chi connectivity index (χ1v) is 7.72.